The molecule has 0 aromatic rings. The zero-order valence-electron chi connectivity index (χ0n) is 11.4. The van der Waals surface area contributed by atoms with E-state index in [4.69, 9.17) is 11.6 Å². The number of carbonyl (C=O) groups is 2. The summed E-state index contributed by atoms with van der Waals surface area (Å²) < 4.78 is 0. The van der Waals surface area contributed by atoms with Crippen LogP contribution in [0.2, 0.25) is 0 Å². The number of rotatable bonds is 9. The van der Waals surface area contributed by atoms with E-state index in [1.54, 1.807) is 0 Å². The predicted octanol–water partition coefficient (Wildman–Crippen LogP) is 3.05. The van der Waals surface area contributed by atoms with Gasteiger partial charge in [0.2, 0.25) is 5.91 Å². The van der Waals surface area contributed by atoms with Gasteiger partial charge in [-0.25, -0.2) is 4.79 Å². The van der Waals surface area contributed by atoms with Crippen molar-refractivity contribution in [2.45, 2.75) is 52.4 Å². The number of urea groups is 1. The Kier molecular flexibility index (Phi) is 10.8. The Morgan fingerprint density at radius 1 is 1.11 bits per heavy atom. The zero-order chi connectivity index (χ0) is 13.8. The minimum absolute atomic E-state index is 0.171. The number of alkyl halides is 1. The van der Waals surface area contributed by atoms with Crippen LogP contribution in [0.25, 0.3) is 0 Å². The molecule has 0 saturated heterocycles. The molecule has 0 saturated carbocycles. The van der Waals surface area contributed by atoms with Gasteiger partial charge in [0.25, 0.3) is 0 Å². The number of halogens is 1. The smallest absolute Gasteiger partial charge is 0.321 e. The number of hydrogen-bond donors (Lipinski definition) is 2. The Morgan fingerprint density at radius 3 is 2.39 bits per heavy atom. The molecule has 0 aliphatic rings. The molecule has 5 heteroatoms. The number of imide groups is 1. The summed E-state index contributed by atoms with van der Waals surface area (Å²) in [5.74, 6) is 0.663. The molecule has 3 amide bonds. The van der Waals surface area contributed by atoms with Crippen LogP contribution in [0.4, 0.5) is 4.79 Å². The summed E-state index contributed by atoms with van der Waals surface area (Å²) >= 11 is 5.38. The van der Waals surface area contributed by atoms with Gasteiger partial charge in [-0.1, -0.05) is 39.5 Å². The lowest BCUT2D eigenvalue weighted by molar-refractivity contribution is -0.119. The van der Waals surface area contributed by atoms with E-state index in [1.807, 2.05) is 0 Å². The number of amides is 3. The van der Waals surface area contributed by atoms with E-state index in [2.05, 4.69) is 24.5 Å². The molecule has 0 aromatic carbocycles. The van der Waals surface area contributed by atoms with Gasteiger partial charge in [0.05, 0.1) is 0 Å². The number of unbranched alkanes of at least 4 members (excludes halogenated alkanes) is 3. The van der Waals surface area contributed by atoms with Crippen LogP contribution >= 0.6 is 11.6 Å². The maximum atomic E-state index is 11.2. The SMILES string of the molecule is CC(C)CCCCCCNC(=O)NC(=O)CCCl. The van der Waals surface area contributed by atoms with Gasteiger partial charge in [0, 0.05) is 18.8 Å². The van der Waals surface area contributed by atoms with Gasteiger partial charge < -0.3 is 5.32 Å². The van der Waals surface area contributed by atoms with Gasteiger partial charge in [-0.2, -0.15) is 0 Å². The van der Waals surface area contributed by atoms with Crippen LogP contribution in [0.1, 0.15) is 52.4 Å². The van der Waals surface area contributed by atoms with E-state index < -0.39 is 6.03 Å². The molecule has 0 bridgehead atoms. The van der Waals surface area contributed by atoms with Gasteiger partial charge in [-0.15, -0.1) is 11.6 Å². The van der Waals surface area contributed by atoms with Crippen LogP contribution in [0, 0.1) is 5.92 Å². The largest absolute Gasteiger partial charge is 0.338 e. The third kappa shape index (κ3) is 11.7. The standard InChI is InChI=1S/C13H25ClN2O2/c1-11(2)7-5-3-4-6-10-15-13(18)16-12(17)8-9-14/h11H,3-10H2,1-2H3,(H2,15,16,17,18). The van der Waals surface area contributed by atoms with Gasteiger partial charge >= 0.3 is 6.03 Å². The lowest BCUT2D eigenvalue weighted by Gasteiger charge is -2.06. The first-order valence-corrected chi connectivity index (χ1v) is 7.23. The van der Waals surface area contributed by atoms with Gasteiger partial charge in [0.1, 0.15) is 0 Å². The van der Waals surface area contributed by atoms with Crippen LogP contribution in [0.3, 0.4) is 0 Å². The second-order valence-corrected chi connectivity index (χ2v) is 5.22. The summed E-state index contributed by atoms with van der Waals surface area (Å²) in [5, 5.41) is 4.88. The van der Waals surface area contributed by atoms with Crippen molar-refractivity contribution < 1.29 is 9.59 Å². The Morgan fingerprint density at radius 2 is 1.78 bits per heavy atom. The van der Waals surface area contributed by atoms with Crippen LogP contribution in [-0.2, 0) is 4.79 Å². The van der Waals surface area contributed by atoms with Crippen molar-refractivity contribution in [1.82, 2.24) is 10.6 Å². The molecule has 2 N–H and O–H groups in total. The fraction of sp³-hybridized carbons (Fsp3) is 0.846. The topological polar surface area (TPSA) is 58.2 Å². The van der Waals surface area contributed by atoms with Crippen LogP contribution in [0.5, 0.6) is 0 Å². The fourth-order valence-corrected chi connectivity index (χ4v) is 1.72. The molecule has 106 valence electrons. The highest BCUT2D eigenvalue weighted by Gasteiger charge is 2.05. The van der Waals surface area contributed by atoms with Crippen molar-refractivity contribution in [3.63, 3.8) is 0 Å². The summed E-state index contributed by atoms with van der Waals surface area (Å²) in [6.07, 6.45) is 5.95. The molecule has 0 heterocycles. The van der Waals surface area contributed by atoms with E-state index in [1.165, 1.54) is 19.3 Å². The summed E-state index contributed by atoms with van der Waals surface area (Å²) in [4.78, 5) is 22.3. The van der Waals surface area contributed by atoms with Gasteiger partial charge in [-0.3, -0.25) is 10.1 Å². The zero-order valence-corrected chi connectivity index (χ0v) is 12.2. The van der Waals surface area contributed by atoms with E-state index in [9.17, 15) is 9.59 Å². The van der Waals surface area contributed by atoms with Crippen molar-refractivity contribution in [2.24, 2.45) is 5.92 Å². The highest BCUT2D eigenvalue weighted by molar-refractivity contribution is 6.19. The second-order valence-electron chi connectivity index (χ2n) is 4.84. The van der Waals surface area contributed by atoms with Gasteiger partial charge in [0.15, 0.2) is 0 Å². The predicted molar refractivity (Wildman–Crippen MR) is 74.8 cm³/mol. The highest BCUT2D eigenvalue weighted by atomic mass is 35.5. The molecule has 0 spiro atoms. The minimum Gasteiger partial charge on any atom is -0.338 e. The molecule has 4 nitrogen and oxygen atoms in total. The first kappa shape index (κ1) is 17.2. The molecule has 0 atom stereocenters. The van der Waals surface area contributed by atoms with Crippen molar-refractivity contribution in [1.29, 1.82) is 0 Å². The number of carbonyl (C=O) groups excluding carboxylic acids is 2. The highest BCUT2D eigenvalue weighted by Crippen LogP contribution is 2.08. The molecule has 0 aliphatic carbocycles. The van der Waals surface area contributed by atoms with Crippen LogP contribution in [-0.4, -0.2) is 24.4 Å². The molecule has 0 rings (SSSR count). The van der Waals surface area contributed by atoms with Crippen molar-refractivity contribution in [2.75, 3.05) is 12.4 Å². The summed E-state index contributed by atoms with van der Waals surface area (Å²) in [6.45, 7) is 5.06. The average Bonchev–Trinajstić information content (AvgIpc) is 2.27. The number of nitrogens with one attached hydrogen (secondary N) is 2. The fourth-order valence-electron chi connectivity index (χ4n) is 1.55. The van der Waals surface area contributed by atoms with Crippen molar-refractivity contribution in [3.05, 3.63) is 0 Å². The Labute approximate surface area is 115 Å². The Hall–Kier alpha value is -0.770. The molecule has 18 heavy (non-hydrogen) atoms. The van der Waals surface area contributed by atoms with E-state index >= 15 is 0 Å². The van der Waals surface area contributed by atoms with E-state index in [0.717, 1.165) is 18.8 Å². The second kappa shape index (κ2) is 11.3. The molecule has 0 radical (unpaired) electrons. The third-order valence-corrected chi connectivity index (χ3v) is 2.76. The molecular weight excluding hydrogens is 252 g/mol. The average molecular weight is 277 g/mol. The third-order valence-electron chi connectivity index (χ3n) is 2.57. The summed E-state index contributed by atoms with van der Waals surface area (Å²) in [5.41, 5.74) is 0. The first-order chi connectivity index (χ1) is 8.56. The number of hydrogen-bond acceptors (Lipinski definition) is 2. The monoisotopic (exact) mass is 276 g/mol. The Balaban J connectivity index is 3.33. The molecule has 0 aromatic heterocycles. The van der Waals surface area contributed by atoms with Crippen LogP contribution in [0.15, 0.2) is 0 Å². The molecule has 0 aliphatic heterocycles. The van der Waals surface area contributed by atoms with Crippen molar-refractivity contribution in [3.8, 4) is 0 Å². The normalized spacial score (nSPS) is 10.4. The maximum Gasteiger partial charge on any atom is 0.321 e. The van der Waals surface area contributed by atoms with E-state index in [-0.39, 0.29) is 18.2 Å². The van der Waals surface area contributed by atoms with E-state index in [0.29, 0.717) is 6.54 Å². The molecule has 0 unspecified atom stereocenters. The van der Waals surface area contributed by atoms with Crippen molar-refractivity contribution >= 4 is 23.5 Å². The summed E-state index contributed by atoms with van der Waals surface area (Å²) in [6, 6.07) is -0.424. The molecular formula is C13H25ClN2O2. The quantitative estimate of drug-likeness (QED) is 0.502. The minimum atomic E-state index is -0.424. The van der Waals surface area contributed by atoms with Gasteiger partial charge in [-0.05, 0) is 12.3 Å². The molecule has 0 fully saturated rings. The van der Waals surface area contributed by atoms with Crippen LogP contribution < -0.4 is 10.6 Å². The Bertz CT molecular complexity index is 245. The summed E-state index contributed by atoms with van der Waals surface area (Å²) in [7, 11) is 0. The lowest BCUT2D eigenvalue weighted by atomic mass is 10.0. The first-order valence-electron chi connectivity index (χ1n) is 6.70. The lowest BCUT2D eigenvalue weighted by Crippen LogP contribution is -2.39. The maximum absolute atomic E-state index is 11.2.